The fourth-order valence-electron chi connectivity index (χ4n) is 9.81. The second kappa shape index (κ2) is 11.9. The van der Waals surface area contributed by atoms with Crippen molar-refractivity contribution in [1.82, 2.24) is 0 Å². The monoisotopic (exact) mass is 626 g/mol. The molecule has 5 rings (SSSR count). The van der Waals surface area contributed by atoms with Crippen molar-refractivity contribution < 1.29 is 55.1 Å². The number of aliphatic hydroxyl groups is 8. The van der Waals surface area contributed by atoms with Gasteiger partial charge in [0.1, 0.15) is 24.4 Å². The molecule has 11 nitrogen and oxygen atoms in total. The van der Waals surface area contributed by atoms with Crippen molar-refractivity contribution in [3.05, 3.63) is 11.6 Å². The molecule has 3 saturated carbocycles. The van der Waals surface area contributed by atoms with E-state index >= 15 is 0 Å². The van der Waals surface area contributed by atoms with Gasteiger partial charge in [-0.1, -0.05) is 27.7 Å². The molecule has 0 spiro atoms. The lowest BCUT2D eigenvalue weighted by Gasteiger charge is -2.61. The van der Waals surface area contributed by atoms with Crippen molar-refractivity contribution in [3.8, 4) is 0 Å². The summed E-state index contributed by atoms with van der Waals surface area (Å²) in [5, 5.41) is 86.9. The smallest absolute Gasteiger partial charge is 0.187 e. The van der Waals surface area contributed by atoms with Gasteiger partial charge in [-0.05, 0) is 93.1 Å². The average Bonchev–Trinajstić information content (AvgIpc) is 3.24. The molecular weight excluding hydrogens is 572 g/mol. The number of hydrogen-bond acceptors (Lipinski definition) is 11. The molecule has 0 unspecified atom stereocenters. The Labute approximate surface area is 259 Å². The summed E-state index contributed by atoms with van der Waals surface area (Å²) in [4.78, 5) is 13.9. The number of ketones is 1. The molecule has 0 amide bonds. The van der Waals surface area contributed by atoms with Crippen LogP contribution in [0.2, 0.25) is 0 Å². The Bertz CT molecular complexity index is 1110. The lowest BCUT2D eigenvalue weighted by molar-refractivity contribution is -0.322. The summed E-state index contributed by atoms with van der Waals surface area (Å²) in [6.45, 7) is 9.17. The van der Waals surface area contributed by atoms with Gasteiger partial charge in [-0.3, -0.25) is 4.79 Å². The highest BCUT2D eigenvalue weighted by molar-refractivity contribution is 5.95. The van der Waals surface area contributed by atoms with Crippen molar-refractivity contribution in [1.29, 1.82) is 0 Å². The first-order valence-electron chi connectivity index (χ1n) is 16.4. The Morgan fingerprint density at radius 3 is 2.36 bits per heavy atom. The van der Waals surface area contributed by atoms with Gasteiger partial charge in [0.2, 0.25) is 0 Å². The van der Waals surface area contributed by atoms with Crippen LogP contribution in [0, 0.1) is 34.5 Å². The van der Waals surface area contributed by atoms with Crippen molar-refractivity contribution in [2.75, 3.05) is 6.61 Å². The van der Waals surface area contributed by atoms with Crippen molar-refractivity contribution in [2.45, 2.75) is 146 Å². The second-order valence-corrected chi connectivity index (χ2v) is 15.6. The minimum absolute atomic E-state index is 0.126. The third-order valence-corrected chi connectivity index (χ3v) is 12.6. The number of ether oxygens (including phenoxy) is 2. The van der Waals surface area contributed by atoms with E-state index in [1.807, 2.05) is 13.8 Å². The maximum absolute atomic E-state index is 13.9. The minimum atomic E-state index is -1.62. The molecule has 1 saturated heterocycles. The normalized spacial score (nSPS) is 49.5. The van der Waals surface area contributed by atoms with Crippen LogP contribution in [0.5, 0.6) is 0 Å². The molecule has 1 aliphatic heterocycles. The fourth-order valence-corrected chi connectivity index (χ4v) is 9.81. The number of hydrogen-bond donors (Lipinski definition) is 8. The molecule has 44 heavy (non-hydrogen) atoms. The topological polar surface area (TPSA) is 197 Å². The largest absolute Gasteiger partial charge is 0.394 e. The Kier molecular flexibility index (Phi) is 9.30. The Morgan fingerprint density at radius 1 is 1.05 bits per heavy atom. The standard InChI is InChI=1S/C33H54O11/c1-16(2)6-7-25(37)32(5,41)24-9-11-33(42)18-12-20(35)19-13-22(43-29-28(40)27(39)26(38)23(15-34)44-29)21(36)14-30(19,3)17(18)8-10-31(24,33)4/h12,16-17,19,21-29,34,36-42H,6-11,13-15H2,1-5H3/t17-,19-,21-,22-,23-,24-,25-,26-,27+,28-,29-,30+,31+,32+,33-/m0/s1. The molecule has 15 atom stereocenters. The maximum atomic E-state index is 13.9. The summed E-state index contributed by atoms with van der Waals surface area (Å²) >= 11 is 0. The number of aliphatic hydroxyl groups excluding tert-OH is 6. The van der Waals surface area contributed by atoms with Gasteiger partial charge in [-0.15, -0.1) is 0 Å². The quantitative estimate of drug-likeness (QED) is 0.187. The summed E-state index contributed by atoms with van der Waals surface area (Å²) in [5.74, 6) is -0.913. The zero-order valence-electron chi connectivity index (χ0n) is 26.7. The van der Waals surface area contributed by atoms with Crippen LogP contribution in [0.1, 0.15) is 86.0 Å². The van der Waals surface area contributed by atoms with Gasteiger partial charge in [0.15, 0.2) is 12.1 Å². The Balaban J connectivity index is 1.38. The highest BCUT2D eigenvalue weighted by atomic mass is 16.7. The van der Waals surface area contributed by atoms with Crippen molar-refractivity contribution in [2.24, 2.45) is 34.5 Å². The van der Waals surface area contributed by atoms with E-state index in [0.29, 0.717) is 43.6 Å². The highest BCUT2D eigenvalue weighted by Gasteiger charge is 2.69. The second-order valence-electron chi connectivity index (χ2n) is 15.6. The SMILES string of the molecule is CC(C)CC[C@H](O)[C@](C)(O)[C@H]1CC[C@]2(O)C3=CC(=O)[C@@H]4C[C@H](O[C@H]5O[C@@H](CO)[C@H](O)[C@@H](O)[C@@H]5O)[C@@H](O)C[C@]4(C)[C@H]3CC[C@]12C. The first-order chi connectivity index (χ1) is 20.4. The van der Waals surface area contributed by atoms with Gasteiger partial charge in [-0.2, -0.15) is 0 Å². The molecule has 252 valence electrons. The summed E-state index contributed by atoms with van der Waals surface area (Å²) < 4.78 is 11.4. The molecule has 4 aliphatic carbocycles. The van der Waals surface area contributed by atoms with E-state index in [-0.39, 0.29) is 30.5 Å². The molecule has 0 bridgehead atoms. The molecule has 0 radical (unpaired) electrons. The number of allylic oxidation sites excluding steroid dienone is 1. The van der Waals surface area contributed by atoms with Gasteiger partial charge < -0.3 is 50.3 Å². The summed E-state index contributed by atoms with van der Waals surface area (Å²) in [6, 6.07) is 0. The van der Waals surface area contributed by atoms with Gasteiger partial charge >= 0.3 is 0 Å². The molecule has 1 heterocycles. The summed E-state index contributed by atoms with van der Waals surface area (Å²) in [6.07, 6.45) is -5.04. The predicted molar refractivity (Wildman–Crippen MR) is 158 cm³/mol. The van der Waals surface area contributed by atoms with Crippen LogP contribution in [-0.2, 0) is 14.3 Å². The van der Waals surface area contributed by atoms with Crippen LogP contribution < -0.4 is 0 Å². The van der Waals surface area contributed by atoms with Crippen LogP contribution >= 0.6 is 0 Å². The maximum Gasteiger partial charge on any atom is 0.187 e. The molecule has 0 aromatic heterocycles. The zero-order valence-corrected chi connectivity index (χ0v) is 26.7. The van der Waals surface area contributed by atoms with E-state index in [1.165, 1.54) is 0 Å². The van der Waals surface area contributed by atoms with Gasteiger partial charge in [0.05, 0.1) is 36.1 Å². The van der Waals surface area contributed by atoms with Gasteiger partial charge in [-0.25, -0.2) is 0 Å². The lowest BCUT2D eigenvalue weighted by Crippen LogP contribution is -2.64. The zero-order chi connectivity index (χ0) is 32.6. The molecule has 4 fully saturated rings. The van der Waals surface area contributed by atoms with Gasteiger partial charge in [0.25, 0.3) is 0 Å². The van der Waals surface area contributed by atoms with Gasteiger partial charge in [0, 0.05) is 11.3 Å². The number of carbonyl (C=O) groups is 1. The summed E-state index contributed by atoms with van der Waals surface area (Å²) in [5.41, 5.74) is -3.55. The molecule has 8 N–H and O–H groups in total. The molecule has 0 aromatic carbocycles. The Morgan fingerprint density at radius 2 is 1.73 bits per heavy atom. The molecular formula is C33H54O11. The molecule has 11 heteroatoms. The first-order valence-corrected chi connectivity index (χ1v) is 16.4. The van der Waals surface area contributed by atoms with Crippen LogP contribution in [-0.4, -0.2) is 113 Å². The number of rotatable bonds is 8. The van der Waals surface area contributed by atoms with Crippen molar-refractivity contribution >= 4 is 5.78 Å². The van der Waals surface area contributed by atoms with Crippen LogP contribution in [0.15, 0.2) is 11.6 Å². The van der Waals surface area contributed by atoms with E-state index < -0.39 is 83.6 Å². The van der Waals surface area contributed by atoms with E-state index in [0.717, 1.165) is 6.42 Å². The van der Waals surface area contributed by atoms with Crippen molar-refractivity contribution in [3.63, 3.8) is 0 Å². The Hall–Kier alpha value is -0.990. The predicted octanol–water partition coefficient (Wildman–Crippen LogP) is 0.563. The van der Waals surface area contributed by atoms with E-state index in [9.17, 15) is 45.6 Å². The lowest BCUT2D eigenvalue weighted by atomic mass is 9.45. The summed E-state index contributed by atoms with van der Waals surface area (Å²) in [7, 11) is 0. The molecule has 5 aliphatic rings. The minimum Gasteiger partial charge on any atom is -0.394 e. The van der Waals surface area contributed by atoms with E-state index in [4.69, 9.17) is 9.47 Å². The average molecular weight is 627 g/mol. The third-order valence-electron chi connectivity index (χ3n) is 12.6. The van der Waals surface area contributed by atoms with Crippen LogP contribution in [0.4, 0.5) is 0 Å². The molecule has 0 aromatic rings. The van der Waals surface area contributed by atoms with Crippen LogP contribution in [0.25, 0.3) is 0 Å². The van der Waals surface area contributed by atoms with E-state index in [1.54, 1.807) is 13.0 Å². The fraction of sp³-hybridized carbons (Fsp3) is 0.909. The highest BCUT2D eigenvalue weighted by Crippen LogP contribution is 2.68. The number of fused-ring (bicyclic) bond motifs is 5. The van der Waals surface area contributed by atoms with E-state index in [2.05, 4.69) is 13.8 Å². The third kappa shape index (κ3) is 5.23. The van der Waals surface area contributed by atoms with Crippen LogP contribution in [0.3, 0.4) is 0 Å². The first kappa shape index (κ1) is 34.3. The number of carbonyl (C=O) groups excluding carboxylic acids is 1.